The van der Waals surface area contributed by atoms with Gasteiger partial charge in [-0.1, -0.05) is 13.8 Å². The van der Waals surface area contributed by atoms with Crippen LogP contribution in [0.5, 0.6) is 0 Å². The molecule has 0 aliphatic rings. The van der Waals surface area contributed by atoms with Crippen molar-refractivity contribution in [3.63, 3.8) is 0 Å². The van der Waals surface area contributed by atoms with Crippen molar-refractivity contribution < 1.29 is 4.79 Å². The summed E-state index contributed by atoms with van der Waals surface area (Å²) in [6.07, 6.45) is 0. The molecule has 2 rings (SSSR count). The highest BCUT2D eigenvalue weighted by atomic mass is 32.1. The molecule has 0 aliphatic heterocycles. The minimum absolute atomic E-state index is 0.110. The molecule has 2 aromatic rings. The average molecular weight is 276 g/mol. The van der Waals surface area contributed by atoms with Crippen LogP contribution in [-0.2, 0) is 0 Å². The van der Waals surface area contributed by atoms with E-state index in [1.807, 2.05) is 28.6 Å². The van der Waals surface area contributed by atoms with Crippen LogP contribution in [0.4, 0.5) is 0 Å². The van der Waals surface area contributed by atoms with Gasteiger partial charge in [-0.15, -0.1) is 11.3 Å². The fourth-order valence-electron chi connectivity index (χ4n) is 2.08. The Bertz CT molecular complexity index is 574. The monoisotopic (exact) mass is 276 g/mol. The van der Waals surface area contributed by atoms with Gasteiger partial charge in [-0.3, -0.25) is 4.79 Å². The van der Waals surface area contributed by atoms with E-state index in [9.17, 15) is 4.79 Å². The molecule has 0 saturated carbocycles. The number of thiazole rings is 1. The molecular weight excluding hydrogens is 256 g/mol. The normalized spacial score (nSPS) is 11.5. The van der Waals surface area contributed by atoms with Crippen LogP contribution in [0, 0.1) is 5.92 Å². The predicted molar refractivity (Wildman–Crippen MR) is 80.6 cm³/mol. The summed E-state index contributed by atoms with van der Waals surface area (Å²) in [4.78, 5) is 18.8. The fraction of sp³-hybridized carbons (Fsp3) is 0.467. The maximum atomic E-state index is 12.6. The Kier molecular flexibility index (Phi) is 4.20. The molecule has 0 spiro atoms. The van der Waals surface area contributed by atoms with E-state index in [1.54, 1.807) is 11.3 Å². The number of carbonyl (C=O) groups excluding carboxylic acids is 1. The van der Waals surface area contributed by atoms with Crippen molar-refractivity contribution >= 4 is 27.5 Å². The molecule has 0 fully saturated rings. The van der Waals surface area contributed by atoms with Crippen LogP contribution in [0.3, 0.4) is 0 Å². The lowest BCUT2D eigenvalue weighted by Gasteiger charge is -2.28. The fourth-order valence-corrected chi connectivity index (χ4v) is 2.79. The minimum Gasteiger partial charge on any atom is -0.336 e. The molecule has 3 nitrogen and oxygen atoms in total. The summed E-state index contributed by atoms with van der Waals surface area (Å²) >= 11 is 1.57. The van der Waals surface area contributed by atoms with Gasteiger partial charge >= 0.3 is 0 Å². The van der Waals surface area contributed by atoms with Crippen molar-refractivity contribution in [3.8, 4) is 0 Å². The molecule has 19 heavy (non-hydrogen) atoms. The number of fused-ring (bicyclic) bond motifs is 1. The highest BCUT2D eigenvalue weighted by Crippen LogP contribution is 2.21. The molecule has 0 atom stereocenters. The number of aromatic nitrogens is 1. The second-order valence-corrected chi connectivity index (χ2v) is 6.37. The van der Waals surface area contributed by atoms with Crippen molar-refractivity contribution in [2.24, 2.45) is 5.92 Å². The van der Waals surface area contributed by atoms with Crippen LogP contribution >= 0.6 is 11.3 Å². The molecule has 0 bridgehead atoms. The molecule has 1 heterocycles. The van der Waals surface area contributed by atoms with Crippen LogP contribution in [0.2, 0.25) is 0 Å². The molecule has 102 valence electrons. The SMILES string of the molecule is CC(C)CN(C(=O)c1ccc2ncsc2c1)C(C)C. The Hall–Kier alpha value is -1.42. The zero-order valence-corrected chi connectivity index (χ0v) is 12.7. The van der Waals surface area contributed by atoms with E-state index in [-0.39, 0.29) is 11.9 Å². The van der Waals surface area contributed by atoms with Crippen LogP contribution in [-0.4, -0.2) is 28.4 Å². The topological polar surface area (TPSA) is 33.2 Å². The molecule has 0 radical (unpaired) electrons. The van der Waals surface area contributed by atoms with Crippen LogP contribution < -0.4 is 0 Å². The summed E-state index contributed by atoms with van der Waals surface area (Å²) in [7, 11) is 0. The Morgan fingerprint density at radius 2 is 2.05 bits per heavy atom. The van der Waals surface area contributed by atoms with Gasteiger partial charge in [0.15, 0.2) is 0 Å². The summed E-state index contributed by atoms with van der Waals surface area (Å²) in [6.45, 7) is 9.18. The second kappa shape index (κ2) is 5.70. The zero-order valence-electron chi connectivity index (χ0n) is 11.9. The summed E-state index contributed by atoms with van der Waals surface area (Å²) in [5.41, 5.74) is 3.53. The number of carbonyl (C=O) groups is 1. The number of rotatable bonds is 4. The van der Waals surface area contributed by atoms with Gasteiger partial charge in [0, 0.05) is 18.2 Å². The van der Waals surface area contributed by atoms with E-state index in [4.69, 9.17) is 0 Å². The first-order valence-corrected chi connectivity index (χ1v) is 7.51. The summed E-state index contributed by atoms with van der Waals surface area (Å²) < 4.78 is 1.07. The maximum absolute atomic E-state index is 12.6. The van der Waals surface area contributed by atoms with E-state index in [0.717, 1.165) is 22.3 Å². The van der Waals surface area contributed by atoms with Crippen LogP contribution in [0.25, 0.3) is 10.2 Å². The molecular formula is C15H20N2OS. The third kappa shape index (κ3) is 3.13. The standard InChI is InChI=1S/C15H20N2OS/c1-10(2)8-17(11(3)4)15(18)12-5-6-13-14(7-12)19-9-16-13/h5-7,9-11H,8H2,1-4H3. The Labute approximate surface area is 118 Å². The Morgan fingerprint density at radius 3 is 2.68 bits per heavy atom. The summed E-state index contributed by atoms with van der Waals surface area (Å²) in [5.74, 6) is 0.581. The molecule has 1 aromatic carbocycles. The molecule has 0 aliphatic carbocycles. The molecule has 0 N–H and O–H groups in total. The van der Waals surface area contributed by atoms with Crippen molar-refractivity contribution in [1.82, 2.24) is 9.88 Å². The number of hydrogen-bond acceptors (Lipinski definition) is 3. The van der Waals surface area contributed by atoms with Crippen molar-refractivity contribution in [3.05, 3.63) is 29.3 Å². The highest BCUT2D eigenvalue weighted by molar-refractivity contribution is 7.16. The molecule has 4 heteroatoms. The number of amides is 1. The molecule has 0 saturated heterocycles. The largest absolute Gasteiger partial charge is 0.336 e. The number of benzene rings is 1. The lowest BCUT2D eigenvalue weighted by molar-refractivity contribution is 0.0682. The highest BCUT2D eigenvalue weighted by Gasteiger charge is 2.20. The van der Waals surface area contributed by atoms with Gasteiger partial charge in [0.05, 0.1) is 15.7 Å². The lowest BCUT2D eigenvalue weighted by Crippen LogP contribution is -2.39. The zero-order chi connectivity index (χ0) is 14.0. The van der Waals surface area contributed by atoms with E-state index in [1.165, 1.54) is 0 Å². The van der Waals surface area contributed by atoms with E-state index in [2.05, 4.69) is 32.7 Å². The minimum atomic E-state index is 0.110. The van der Waals surface area contributed by atoms with Gasteiger partial charge in [-0.05, 0) is 38.0 Å². The molecule has 0 unspecified atom stereocenters. The van der Waals surface area contributed by atoms with E-state index in [0.29, 0.717) is 5.92 Å². The smallest absolute Gasteiger partial charge is 0.254 e. The summed E-state index contributed by atoms with van der Waals surface area (Å²) in [6, 6.07) is 5.96. The summed E-state index contributed by atoms with van der Waals surface area (Å²) in [5, 5.41) is 0. The maximum Gasteiger partial charge on any atom is 0.254 e. The van der Waals surface area contributed by atoms with Crippen molar-refractivity contribution in [2.45, 2.75) is 33.7 Å². The van der Waals surface area contributed by atoms with E-state index < -0.39 is 0 Å². The predicted octanol–water partition coefficient (Wildman–Crippen LogP) is 3.80. The lowest BCUT2D eigenvalue weighted by atomic mass is 10.1. The quantitative estimate of drug-likeness (QED) is 0.851. The third-order valence-electron chi connectivity index (χ3n) is 3.02. The first-order chi connectivity index (χ1) is 8.99. The third-order valence-corrected chi connectivity index (χ3v) is 3.82. The number of nitrogens with zero attached hydrogens (tertiary/aromatic N) is 2. The van der Waals surface area contributed by atoms with Gasteiger partial charge in [0.1, 0.15) is 0 Å². The van der Waals surface area contributed by atoms with E-state index >= 15 is 0 Å². The van der Waals surface area contributed by atoms with Gasteiger partial charge in [0.2, 0.25) is 0 Å². The molecule has 1 amide bonds. The van der Waals surface area contributed by atoms with Gasteiger partial charge in [-0.25, -0.2) is 4.98 Å². The van der Waals surface area contributed by atoms with Gasteiger partial charge in [0.25, 0.3) is 5.91 Å². The number of hydrogen-bond donors (Lipinski definition) is 0. The first kappa shape index (κ1) is 14.0. The van der Waals surface area contributed by atoms with Crippen molar-refractivity contribution in [2.75, 3.05) is 6.54 Å². The first-order valence-electron chi connectivity index (χ1n) is 6.63. The average Bonchev–Trinajstić information content (AvgIpc) is 2.81. The Morgan fingerprint density at radius 1 is 1.32 bits per heavy atom. The van der Waals surface area contributed by atoms with Crippen LogP contribution in [0.15, 0.2) is 23.7 Å². The molecule has 1 aromatic heterocycles. The second-order valence-electron chi connectivity index (χ2n) is 5.48. The van der Waals surface area contributed by atoms with Crippen LogP contribution in [0.1, 0.15) is 38.1 Å². The van der Waals surface area contributed by atoms with Gasteiger partial charge in [-0.2, -0.15) is 0 Å². The van der Waals surface area contributed by atoms with Gasteiger partial charge < -0.3 is 4.90 Å². The van der Waals surface area contributed by atoms with Crippen molar-refractivity contribution in [1.29, 1.82) is 0 Å². The Balaban J connectivity index is 2.29.